The first-order chi connectivity index (χ1) is 9.56. The van der Waals surface area contributed by atoms with Gasteiger partial charge in [-0.15, -0.1) is 0 Å². The van der Waals surface area contributed by atoms with Crippen molar-refractivity contribution < 1.29 is 14.7 Å². The Morgan fingerprint density at radius 3 is 2.50 bits per heavy atom. The molecule has 0 bridgehead atoms. The van der Waals surface area contributed by atoms with Crippen molar-refractivity contribution in [2.75, 3.05) is 5.32 Å². The third-order valence-electron chi connectivity index (χ3n) is 2.54. The molecule has 102 valence electrons. The number of aromatic nitrogens is 1. The number of hydrogen-bond acceptors (Lipinski definition) is 3. The number of aliphatic carboxylic acids is 1. The van der Waals surface area contributed by atoms with Crippen LogP contribution < -0.4 is 5.32 Å². The SMILES string of the molecule is O=C(O)Cc1ccc(NC(=O)c2ncccc2Br)cc1. The topological polar surface area (TPSA) is 79.3 Å². The summed E-state index contributed by atoms with van der Waals surface area (Å²) in [7, 11) is 0. The molecule has 0 fully saturated rings. The van der Waals surface area contributed by atoms with Crippen molar-refractivity contribution in [3.63, 3.8) is 0 Å². The number of hydrogen-bond donors (Lipinski definition) is 2. The van der Waals surface area contributed by atoms with Gasteiger partial charge in [-0.05, 0) is 45.8 Å². The van der Waals surface area contributed by atoms with Crippen molar-refractivity contribution in [2.24, 2.45) is 0 Å². The monoisotopic (exact) mass is 334 g/mol. The first-order valence-electron chi connectivity index (χ1n) is 5.79. The summed E-state index contributed by atoms with van der Waals surface area (Å²) in [5, 5.41) is 11.4. The second-order valence-electron chi connectivity index (χ2n) is 4.06. The van der Waals surface area contributed by atoms with Gasteiger partial charge in [-0.25, -0.2) is 4.98 Å². The molecule has 5 nitrogen and oxygen atoms in total. The summed E-state index contributed by atoms with van der Waals surface area (Å²) in [5.41, 5.74) is 1.55. The van der Waals surface area contributed by atoms with Gasteiger partial charge in [0.05, 0.1) is 6.42 Å². The normalized spacial score (nSPS) is 10.1. The molecule has 0 aliphatic carbocycles. The number of carbonyl (C=O) groups excluding carboxylic acids is 1. The van der Waals surface area contributed by atoms with Crippen LogP contribution >= 0.6 is 15.9 Å². The highest BCUT2D eigenvalue weighted by Gasteiger charge is 2.11. The number of pyridine rings is 1. The van der Waals surface area contributed by atoms with Crippen molar-refractivity contribution in [2.45, 2.75) is 6.42 Å². The Morgan fingerprint density at radius 2 is 1.90 bits per heavy atom. The molecule has 0 atom stereocenters. The van der Waals surface area contributed by atoms with Gasteiger partial charge in [0.15, 0.2) is 0 Å². The largest absolute Gasteiger partial charge is 0.481 e. The summed E-state index contributed by atoms with van der Waals surface area (Å²) in [6, 6.07) is 10.1. The maximum absolute atomic E-state index is 12.0. The van der Waals surface area contributed by atoms with Crippen LogP contribution in [0, 0.1) is 0 Å². The summed E-state index contributed by atoms with van der Waals surface area (Å²) in [4.78, 5) is 26.6. The van der Waals surface area contributed by atoms with E-state index in [0.717, 1.165) is 0 Å². The molecule has 0 aliphatic rings. The van der Waals surface area contributed by atoms with E-state index >= 15 is 0 Å². The number of halogens is 1. The quantitative estimate of drug-likeness (QED) is 0.900. The summed E-state index contributed by atoms with van der Waals surface area (Å²) in [6.45, 7) is 0. The summed E-state index contributed by atoms with van der Waals surface area (Å²) >= 11 is 3.26. The van der Waals surface area contributed by atoms with Gasteiger partial charge in [0.1, 0.15) is 5.69 Å². The molecule has 2 N–H and O–H groups in total. The molecule has 1 amide bonds. The van der Waals surface area contributed by atoms with Crippen molar-refractivity contribution in [3.05, 3.63) is 58.3 Å². The molecule has 0 aliphatic heterocycles. The molecule has 0 radical (unpaired) electrons. The highest BCUT2D eigenvalue weighted by Crippen LogP contribution is 2.16. The van der Waals surface area contributed by atoms with Gasteiger partial charge in [0.2, 0.25) is 0 Å². The Balaban J connectivity index is 2.09. The van der Waals surface area contributed by atoms with Crippen LogP contribution in [-0.2, 0) is 11.2 Å². The Morgan fingerprint density at radius 1 is 1.20 bits per heavy atom. The van der Waals surface area contributed by atoms with Crippen molar-refractivity contribution >= 4 is 33.5 Å². The van der Waals surface area contributed by atoms with Gasteiger partial charge in [-0.1, -0.05) is 12.1 Å². The molecule has 0 spiro atoms. The second kappa shape index (κ2) is 6.29. The minimum absolute atomic E-state index is 0.0417. The minimum atomic E-state index is -0.890. The third kappa shape index (κ3) is 3.64. The van der Waals surface area contributed by atoms with Crippen LogP contribution in [0.15, 0.2) is 47.1 Å². The Kier molecular flexibility index (Phi) is 4.47. The third-order valence-corrected chi connectivity index (χ3v) is 3.18. The molecule has 0 saturated carbocycles. The van der Waals surface area contributed by atoms with E-state index in [1.807, 2.05) is 0 Å². The van der Waals surface area contributed by atoms with Gasteiger partial charge >= 0.3 is 5.97 Å². The standard InChI is InChI=1S/C14H11BrN2O3/c15-11-2-1-7-16-13(11)14(20)17-10-5-3-9(4-6-10)8-12(18)19/h1-7H,8H2,(H,17,20)(H,18,19). The maximum Gasteiger partial charge on any atom is 0.307 e. The van der Waals surface area contributed by atoms with E-state index < -0.39 is 5.97 Å². The van der Waals surface area contributed by atoms with Crippen LogP contribution in [0.1, 0.15) is 16.1 Å². The molecule has 1 heterocycles. The number of nitrogens with one attached hydrogen (secondary N) is 1. The highest BCUT2D eigenvalue weighted by molar-refractivity contribution is 9.10. The summed E-state index contributed by atoms with van der Waals surface area (Å²) < 4.78 is 0.611. The smallest absolute Gasteiger partial charge is 0.307 e. The van der Waals surface area contributed by atoms with Crippen LogP contribution in [0.3, 0.4) is 0 Å². The van der Waals surface area contributed by atoms with Gasteiger partial charge in [-0.2, -0.15) is 0 Å². The zero-order valence-corrected chi connectivity index (χ0v) is 11.9. The first-order valence-corrected chi connectivity index (χ1v) is 6.58. The number of benzene rings is 1. The van der Waals surface area contributed by atoms with Crippen molar-refractivity contribution in [1.82, 2.24) is 4.98 Å². The van der Waals surface area contributed by atoms with Gasteiger partial charge in [0, 0.05) is 16.4 Å². The Hall–Kier alpha value is -2.21. The predicted molar refractivity (Wildman–Crippen MR) is 77.7 cm³/mol. The molecule has 2 rings (SSSR count). The number of carboxylic acid groups (broad SMARTS) is 1. The number of rotatable bonds is 4. The van der Waals surface area contributed by atoms with Crippen LogP contribution in [0.25, 0.3) is 0 Å². The van der Waals surface area contributed by atoms with E-state index in [-0.39, 0.29) is 12.3 Å². The highest BCUT2D eigenvalue weighted by atomic mass is 79.9. The van der Waals surface area contributed by atoms with E-state index in [0.29, 0.717) is 21.4 Å². The minimum Gasteiger partial charge on any atom is -0.481 e. The van der Waals surface area contributed by atoms with Crippen LogP contribution in [0.4, 0.5) is 5.69 Å². The molecule has 0 unspecified atom stereocenters. The molecular weight excluding hydrogens is 324 g/mol. The predicted octanol–water partition coefficient (Wildman–Crippen LogP) is 2.72. The lowest BCUT2D eigenvalue weighted by Gasteiger charge is -2.06. The fraction of sp³-hybridized carbons (Fsp3) is 0.0714. The van der Waals surface area contributed by atoms with Crippen molar-refractivity contribution in [1.29, 1.82) is 0 Å². The molecule has 6 heteroatoms. The number of amides is 1. The average Bonchev–Trinajstić information content (AvgIpc) is 2.41. The lowest BCUT2D eigenvalue weighted by atomic mass is 10.1. The molecule has 1 aromatic carbocycles. The van der Waals surface area contributed by atoms with E-state index in [9.17, 15) is 9.59 Å². The van der Waals surface area contributed by atoms with E-state index in [1.54, 1.807) is 36.4 Å². The summed E-state index contributed by atoms with van der Waals surface area (Å²) in [5.74, 6) is -1.22. The average molecular weight is 335 g/mol. The maximum atomic E-state index is 12.0. The molecule has 1 aromatic heterocycles. The molecular formula is C14H11BrN2O3. The zero-order valence-electron chi connectivity index (χ0n) is 10.3. The van der Waals surface area contributed by atoms with E-state index in [4.69, 9.17) is 5.11 Å². The van der Waals surface area contributed by atoms with Crippen LogP contribution in [-0.4, -0.2) is 22.0 Å². The molecule has 2 aromatic rings. The summed E-state index contributed by atoms with van der Waals surface area (Å²) in [6.07, 6.45) is 1.50. The Bertz CT molecular complexity index is 641. The van der Waals surface area contributed by atoms with Gasteiger partial charge < -0.3 is 10.4 Å². The van der Waals surface area contributed by atoms with Gasteiger partial charge in [0.25, 0.3) is 5.91 Å². The van der Waals surface area contributed by atoms with Gasteiger partial charge in [-0.3, -0.25) is 9.59 Å². The molecule has 20 heavy (non-hydrogen) atoms. The van der Waals surface area contributed by atoms with E-state index in [1.165, 1.54) is 6.20 Å². The van der Waals surface area contributed by atoms with Crippen LogP contribution in [0.2, 0.25) is 0 Å². The molecule has 0 saturated heterocycles. The second-order valence-corrected chi connectivity index (χ2v) is 4.91. The number of nitrogens with zero attached hydrogens (tertiary/aromatic N) is 1. The van der Waals surface area contributed by atoms with Crippen LogP contribution in [0.5, 0.6) is 0 Å². The lowest BCUT2D eigenvalue weighted by molar-refractivity contribution is -0.136. The Labute approximate surface area is 123 Å². The lowest BCUT2D eigenvalue weighted by Crippen LogP contribution is -2.14. The number of carbonyl (C=O) groups is 2. The fourth-order valence-electron chi connectivity index (χ4n) is 1.62. The van der Waals surface area contributed by atoms with E-state index in [2.05, 4.69) is 26.2 Å². The number of anilines is 1. The number of carboxylic acids is 1. The van der Waals surface area contributed by atoms with Crippen molar-refractivity contribution in [3.8, 4) is 0 Å². The fourth-order valence-corrected chi connectivity index (χ4v) is 2.06. The zero-order chi connectivity index (χ0) is 14.5. The first kappa shape index (κ1) is 14.2.